The molecule has 100 heavy (non-hydrogen) atoms. The van der Waals surface area contributed by atoms with E-state index in [0.717, 1.165) is 228 Å². The van der Waals surface area contributed by atoms with E-state index < -0.39 is 0 Å². The Morgan fingerprint density at radius 1 is 0.300 bits per heavy atom. The van der Waals surface area contributed by atoms with Gasteiger partial charge in [-0.05, 0) is 262 Å². The molecular formula is C82H157N18+. The molecule has 0 radical (unpaired) electrons. The molecule has 6 saturated heterocycles. The smallest absolute Gasteiger partial charge is 0.336 e. The van der Waals surface area contributed by atoms with Crippen molar-refractivity contribution in [3.05, 3.63) is 0 Å². The summed E-state index contributed by atoms with van der Waals surface area (Å²) in [5, 5.41) is 28.4. The SMILES string of the molecule is CCCCN(c1nc(NCCCCCC[N+](c2nc(N(CCCC)C3CC(C)(C)NC(C)(C)C3)nc(N(CCCC)C3CC(C)(C)NC(C)(C)C3)n2)(C2CC(C)(C)NC(C)(C)C2)C2CC(C)(C)NC(C)(C)C2)nc(N(CCCC)C2CC(C)(C)NC(C)(C)C2)n1)C1CC(C)(C)NC(C)(C)C1. The highest BCUT2D eigenvalue weighted by atomic mass is 15.5. The first-order valence-electron chi connectivity index (χ1n) is 41.0. The van der Waals surface area contributed by atoms with Gasteiger partial charge in [0, 0.05) is 149 Å². The van der Waals surface area contributed by atoms with E-state index in [2.05, 4.69) is 251 Å². The molecule has 6 fully saturated rings. The average Bonchev–Trinajstić information content (AvgIpc) is 0.723. The number of anilines is 5. The molecule has 6 aliphatic rings. The minimum atomic E-state index is -0.118. The molecule has 0 unspecified atom stereocenters. The van der Waals surface area contributed by atoms with Crippen LogP contribution in [0.4, 0.5) is 35.7 Å². The third kappa shape index (κ3) is 22.2. The van der Waals surface area contributed by atoms with E-state index in [1.807, 2.05) is 0 Å². The summed E-state index contributed by atoms with van der Waals surface area (Å²) < 4.78 is 0.760. The van der Waals surface area contributed by atoms with Gasteiger partial charge in [-0.25, -0.2) is 0 Å². The van der Waals surface area contributed by atoms with Gasteiger partial charge in [0.05, 0.1) is 18.6 Å². The van der Waals surface area contributed by atoms with Crippen LogP contribution >= 0.6 is 0 Å². The maximum absolute atomic E-state index is 6.29. The van der Waals surface area contributed by atoms with E-state index in [1.54, 1.807) is 0 Å². The number of rotatable bonds is 31. The molecule has 0 aliphatic carbocycles. The van der Waals surface area contributed by atoms with Crippen molar-refractivity contribution in [1.29, 1.82) is 0 Å². The molecule has 8 heterocycles. The lowest BCUT2D eigenvalue weighted by Gasteiger charge is -2.59. The molecule has 0 aromatic carbocycles. The zero-order chi connectivity index (χ0) is 74.1. The van der Waals surface area contributed by atoms with Gasteiger partial charge in [-0.2, -0.15) is 19.9 Å². The Morgan fingerprint density at radius 2 is 0.530 bits per heavy atom. The van der Waals surface area contributed by atoms with Gasteiger partial charge in [-0.15, -0.1) is 9.97 Å². The van der Waals surface area contributed by atoms with Gasteiger partial charge in [0.15, 0.2) is 0 Å². The molecule has 0 atom stereocenters. The number of nitrogens with zero attached hydrogens (tertiary/aromatic N) is 11. The first-order chi connectivity index (χ1) is 46.0. The molecule has 18 nitrogen and oxygen atoms in total. The van der Waals surface area contributed by atoms with Gasteiger partial charge in [-0.3, -0.25) is 4.48 Å². The Bertz CT molecular complexity index is 2670. The van der Waals surface area contributed by atoms with E-state index in [4.69, 9.17) is 29.9 Å². The highest BCUT2D eigenvalue weighted by Crippen LogP contribution is 2.48. The summed E-state index contributed by atoms with van der Waals surface area (Å²) in [5.74, 6) is 5.17. The monoisotopic (exact) mass is 1390 g/mol. The van der Waals surface area contributed by atoms with Crippen LogP contribution in [0.2, 0.25) is 0 Å². The fraction of sp³-hybridized carbons (Fsp3) is 0.927. The Kier molecular flexibility index (Phi) is 25.8. The van der Waals surface area contributed by atoms with Crippen LogP contribution in [0.3, 0.4) is 0 Å². The van der Waals surface area contributed by atoms with Crippen molar-refractivity contribution in [3.63, 3.8) is 0 Å². The van der Waals surface area contributed by atoms with Crippen molar-refractivity contribution in [2.45, 2.75) is 451 Å². The molecule has 0 bridgehead atoms. The van der Waals surface area contributed by atoms with Crippen molar-refractivity contribution in [2.24, 2.45) is 0 Å². The molecule has 574 valence electrons. The van der Waals surface area contributed by atoms with Crippen molar-refractivity contribution < 1.29 is 0 Å². The molecule has 2 aromatic heterocycles. The van der Waals surface area contributed by atoms with Crippen LogP contribution in [0.5, 0.6) is 0 Å². The average molecular weight is 1400 g/mol. The van der Waals surface area contributed by atoms with E-state index >= 15 is 0 Å². The van der Waals surface area contributed by atoms with Crippen LogP contribution in [0.25, 0.3) is 0 Å². The van der Waals surface area contributed by atoms with Crippen LogP contribution < -0.4 is 61.3 Å². The first-order valence-corrected chi connectivity index (χ1v) is 41.0. The summed E-state index contributed by atoms with van der Waals surface area (Å²) in [4.78, 5) is 45.9. The third-order valence-electron chi connectivity index (χ3n) is 23.4. The van der Waals surface area contributed by atoms with Gasteiger partial charge in [-0.1, -0.05) is 59.8 Å². The quantitative estimate of drug-likeness (QED) is 0.0280. The molecular weight excluding hydrogens is 1240 g/mol. The van der Waals surface area contributed by atoms with E-state index in [-0.39, 0.29) is 103 Å². The minimum absolute atomic E-state index is 0.0284. The first kappa shape index (κ1) is 82.4. The number of piperidine rings is 6. The number of aromatic nitrogens is 6. The maximum atomic E-state index is 6.29. The fourth-order valence-corrected chi connectivity index (χ4v) is 21.9. The number of nitrogens with one attached hydrogen (secondary N) is 7. The van der Waals surface area contributed by atoms with Gasteiger partial charge in [0.1, 0.15) is 0 Å². The normalized spacial score (nSPS) is 24.9. The second-order valence-corrected chi connectivity index (χ2v) is 41.4. The topological polar surface area (TPSA) is 175 Å². The second-order valence-electron chi connectivity index (χ2n) is 41.4. The minimum Gasteiger partial charge on any atom is -0.354 e. The predicted octanol–water partition coefficient (Wildman–Crippen LogP) is 16.3. The number of hydrogen-bond donors (Lipinski definition) is 7. The zero-order valence-electron chi connectivity index (χ0n) is 70.1. The number of hydrogen-bond acceptors (Lipinski definition) is 17. The van der Waals surface area contributed by atoms with E-state index in [1.165, 1.54) is 0 Å². The van der Waals surface area contributed by atoms with Crippen LogP contribution in [0, 0.1) is 0 Å². The summed E-state index contributed by atoms with van der Waals surface area (Å²) in [6.45, 7) is 72.8. The molecule has 7 N–H and O–H groups in total. The molecule has 18 heteroatoms. The third-order valence-corrected chi connectivity index (χ3v) is 23.4. The molecule has 6 aliphatic heterocycles. The Hall–Kier alpha value is -3.26. The van der Waals surface area contributed by atoms with Crippen molar-refractivity contribution >= 4 is 35.7 Å². The van der Waals surface area contributed by atoms with Gasteiger partial charge in [0.2, 0.25) is 29.7 Å². The van der Waals surface area contributed by atoms with Crippen molar-refractivity contribution in [3.8, 4) is 0 Å². The Labute approximate surface area is 613 Å². The molecule has 8 rings (SSSR count). The largest absolute Gasteiger partial charge is 0.354 e. The van der Waals surface area contributed by atoms with Crippen molar-refractivity contribution in [1.82, 2.24) is 66.3 Å². The Morgan fingerprint density at radius 3 is 0.780 bits per heavy atom. The Balaban J connectivity index is 1.23. The van der Waals surface area contributed by atoms with Crippen molar-refractivity contribution in [2.75, 3.05) is 64.2 Å². The molecule has 0 amide bonds. The number of unbranched alkanes of at least 4 members (excludes halogenated alkanes) is 7. The van der Waals surface area contributed by atoms with Crippen LogP contribution in [-0.2, 0) is 0 Å². The zero-order valence-corrected chi connectivity index (χ0v) is 70.1. The summed E-state index contributed by atoms with van der Waals surface area (Å²) >= 11 is 0. The maximum Gasteiger partial charge on any atom is 0.336 e. The summed E-state index contributed by atoms with van der Waals surface area (Å²) in [7, 11) is 0. The molecule has 2 aromatic rings. The summed E-state index contributed by atoms with van der Waals surface area (Å²) in [6, 6.07) is 1.58. The van der Waals surface area contributed by atoms with Gasteiger partial charge in [0.25, 0.3) is 0 Å². The predicted molar refractivity (Wildman–Crippen MR) is 428 cm³/mol. The summed E-state index contributed by atoms with van der Waals surface area (Å²) in [6.07, 6.45) is 25.3. The fourth-order valence-electron chi connectivity index (χ4n) is 21.9. The second kappa shape index (κ2) is 31.3. The van der Waals surface area contributed by atoms with Gasteiger partial charge >= 0.3 is 5.95 Å². The summed E-state index contributed by atoms with van der Waals surface area (Å²) in [5.41, 5.74) is -0.826. The number of quaternary nitrogens is 1. The van der Waals surface area contributed by atoms with Gasteiger partial charge < -0.3 is 56.8 Å². The van der Waals surface area contributed by atoms with E-state index in [0.29, 0.717) is 5.95 Å². The lowest BCUT2D eigenvalue weighted by Crippen LogP contribution is -2.75. The van der Waals surface area contributed by atoms with Crippen LogP contribution in [-0.4, -0.2) is 172 Å². The highest BCUT2D eigenvalue weighted by molar-refractivity contribution is 5.50. The molecule has 0 spiro atoms. The lowest BCUT2D eigenvalue weighted by molar-refractivity contribution is -0.00279. The van der Waals surface area contributed by atoms with Crippen LogP contribution in [0.15, 0.2) is 0 Å². The van der Waals surface area contributed by atoms with E-state index in [9.17, 15) is 0 Å². The highest BCUT2D eigenvalue weighted by Gasteiger charge is 2.58. The molecule has 0 saturated carbocycles. The lowest BCUT2D eigenvalue weighted by atomic mass is 9.73. The van der Waals surface area contributed by atoms with Crippen LogP contribution in [0.1, 0.15) is 348 Å². The standard InChI is InChI=1S/C82H157N18/c1-29-33-42-96(59-47-71(5,6)90-72(7,8)48-59)66-84-65(85-67(86-66)97(43-34-30-2)60-49-73(9,10)91-74(11,12)50-60)83-41-39-37-38-40-46-100(63-55-79(21,22)94-80(23,24)56-63,64-57-81(25,26)95-82(27,28)58-64)70-88-68(98(44-35-31-3)61-51-75(13,14)92-76(15,16)52-61)87-69(89-70)99(45-36-32-4)62-53-77(17,18)93-78(19,20)54-62/h59-64,90-95H,29-58H2,1-28H3,(H,83,84,85,86)/q+1.